The molecule has 110 valence electrons. The zero-order valence-corrected chi connectivity index (χ0v) is 11.2. The van der Waals surface area contributed by atoms with Gasteiger partial charge < -0.3 is 10.4 Å². The first-order chi connectivity index (χ1) is 9.27. The predicted octanol–water partition coefficient (Wildman–Crippen LogP) is 3.99. The normalized spacial score (nSPS) is 12.8. The number of carbonyl (C=O) groups excluding carboxylic acids is 1. The third-order valence-corrected chi connectivity index (χ3v) is 3.16. The number of thioether (sulfide) groups is 1. The third-order valence-electron chi connectivity index (χ3n) is 2.35. The molecular formula is C12H12F3NO3S. The Morgan fingerprint density at radius 3 is 2.55 bits per heavy atom. The minimum Gasteiger partial charge on any atom is -0.478 e. The van der Waals surface area contributed by atoms with E-state index in [9.17, 15) is 22.8 Å². The number of carboxylic acid groups (broad SMARTS) is 1. The Hall–Kier alpha value is -1.70. The van der Waals surface area contributed by atoms with Crippen LogP contribution in [0, 0.1) is 0 Å². The van der Waals surface area contributed by atoms with Gasteiger partial charge >= 0.3 is 11.2 Å². The predicted molar refractivity (Wildman–Crippen MR) is 70.1 cm³/mol. The highest BCUT2D eigenvalue weighted by Crippen LogP contribution is 2.37. The SMILES string of the molecule is CCC(F)C(F)(F)SC(=O)Nc1ccccc1C(=O)O. The number of halogens is 3. The van der Waals surface area contributed by atoms with Crippen LogP contribution in [0.2, 0.25) is 0 Å². The van der Waals surface area contributed by atoms with E-state index in [0.29, 0.717) is 0 Å². The second kappa shape index (κ2) is 6.65. The van der Waals surface area contributed by atoms with Crippen molar-refractivity contribution in [1.82, 2.24) is 0 Å². The van der Waals surface area contributed by atoms with Gasteiger partial charge in [-0.3, -0.25) is 4.79 Å². The molecule has 20 heavy (non-hydrogen) atoms. The Labute approximate surface area is 117 Å². The van der Waals surface area contributed by atoms with Gasteiger partial charge in [0.15, 0.2) is 6.17 Å². The van der Waals surface area contributed by atoms with Crippen LogP contribution in [0.15, 0.2) is 24.3 Å². The smallest absolute Gasteiger partial charge is 0.337 e. The van der Waals surface area contributed by atoms with Gasteiger partial charge in [-0.1, -0.05) is 19.1 Å². The molecule has 4 nitrogen and oxygen atoms in total. The Morgan fingerprint density at radius 1 is 1.40 bits per heavy atom. The lowest BCUT2D eigenvalue weighted by atomic mass is 10.2. The van der Waals surface area contributed by atoms with Crippen LogP contribution in [0.5, 0.6) is 0 Å². The summed E-state index contributed by atoms with van der Waals surface area (Å²) in [5.74, 6) is -1.31. The zero-order valence-electron chi connectivity index (χ0n) is 10.4. The van der Waals surface area contributed by atoms with Crippen molar-refractivity contribution in [2.75, 3.05) is 5.32 Å². The lowest BCUT2D eigenvalue weighted by molar-refractivity contribution is 0.0140. The molecule has 0 saturated heterocycles. The molecule has 0 spiro atoms. The number of para-hydroxylation sites is 1. The van der Waals surface area contributed by atoms with Gasteiger partial charge in [-0.15, -0.1) is 0 Å². The van der Waals surface area contributed by atoms with E-state index in [-0.39, 0.29) is 11.3 Å². The first-order valence-electron chi connectivity index (χ1n) is 5.62. The molecule has 0 aliphatic carbocycles. The number of anilines is 1. The maximum atomic E-state index is 13.2. The second-order valence-corrected chi connectivity index (χ2v) is 4.92. The van der Waals surface area contributed by atoms with Crippen LogP contribution < -0.4 is 5.32 Å². The van der Waals surface area contributed by atoms with Crippen LogP contribution in [0.1, 0.15) is 23.7 Å². The molecule has 1 unspecified atom stereocenters. The van der Waals surface area contributed by atoms with Gasteiger partial charge in [0.05, 0.1) is 11.3 Å². The fourth-order valence-electron chi connectivity index (χ4n) is 1.34. The molecule has 2 N–H and O–H groups in total. The van der Waals surface area contributed by atoms with Crippen molar-refractivity contribution in [2.45, 2.75) is 24.8 Å². The molecule has 8 heteroatoms. The number of rotatable bonds is 5. The molecule has 0 aliphatic rings. The number of carboxylic acids is 1. The van der Waals surface area contributed by atoms with E-state index in [4.69, 9.17) is 5.11 Å². The first-order valence-corrected chi connectivity index (χ1v) is 6.43. The van der Waals surface area contributed by atoms with E-state index in [1.807, 2.05) is 5.32 Å². The average molecular weight is 307 g/mol. The number of amides is 1. The molecule has 1 atom stereocenters. The summed E-state index contributed by atoms with van der Waals surface area (Å²) in [7, 11) is 0. The molecule has 1 aromatic rings. The van der Waals surface area contributed by atoms with Crippen molar-refractivity contribution < 1.29 is 27.9 Å². The van der Waals surface area contributed by atoms with E-state index in [1.54, 1.807) is 0 Å². The van der Waals surface area contributed by atoms with Gasteiger partial charge in [0.1, 0.15) is 0 Å². The van der Waals surface area contributed by atoms with Gasteiger partial charge in [0.25, 0.3) is 5.24 Å². The van der Waals surface area contributed by atoms with Gasteiger partial charge in [-0.2, -0.15) is 8.78 Å². The maximum Gasteiger partial charge on any atom is 0.337 e. The Bertz CT molecular complexity index is 510. The number of carbonyl (C=O) groups is 2. The fourth-order valence-corrected chi connectivity index (χ4v) is 2.04. The second-order valence-electron chi connectivity index (χ2n) is 3.80. The molecule has 1 aromatic carbocycles. The monoisotopic (exact) mass is 307 g/mol. The number of aromatic carboxylic acids is 1. The molecular weight excluding hydrogens is 295 g/mol. The molecule has 0 bridgehead atoms. The van der Waals surface area contributed by atoms with Crippen molar-refractivity contribution in [1.29, 1.82) is 0 Å². The average Bonchev–Trinajstić information content (AvgIpc) is 2.37. The largest absolute Gasteiger partial charge is 0.478 e. The van der Waals surface area contributed by atoms with E-state index in [1.165, 1.54) is 31.2 Å². The summed E-state index contributed by atoms with van der Waals surface area (Å²) in [6.45, 7) is 1.23. The van der Waals surface area contributed by atoms with Crippen molar-refractivity contribution >= 4 is 28.7 Å². The number of nitrogens with one attached hydrogen (secondary N) is 1. The topological polar surface area (TPSA) is 66.4 Å². The summed E-state index contributed by atoms with van der Waals surface area (Å²) >= 11 is -0.501. The molecule has 1 amide bonds. The third kappa shape index (κ3) is 4.16. The molecule has 0 aliphatic heterocycles. The van der Waals surface area contributed by atoms with Crippen molar-refractivity contribution in [2.24, 2.45) is 0 Å². The molecule has 0 fully saturated rings. The van der Waals surface area contributed by atoms with Gasteiger partial charge in [-0.05, 0) is 18.6 Å². The van der Waals surface area contributed by atoms with E-state index < -0.39 is 40.8 Å². The van der Waals surface area contributed by atoms with Gasteiger partial charge in [-0.25, -0.2) is 9.18 Å². The summed E-state index contributed by atoms with van der Waals surface area (Å²) in [5, 5.41) is 5.81. The minimum absolute atomic E-state index is 0.125. The quantitative estimate of drug-likeness (QED) is 0.863. The highest BCUT2D eigenvalue weighted by atomic mass is 32.2. The van der Waals surface area contributed by atoms with Crippen LogP contribution in [0.4, 0.5) is 23.7 Å². The molecule has 0 aromatic heterocycles. The Morgan fingerprint density at radius 2 is 2.00 bits per heavy atom. The molecule has 0 saturated carbocycles. The maximum absolute atomic E-state index is 13.2. The van der Waals surface area contributed by atoms with Crippen LogP contribution in [-0.2, 0) is 0 Å². The number of benzene rings is 1. The fraction of sp³-hybridized carbons (Fsp3) is 0.333. The minimum atomic E-state index is -3.86. The number of hydrogen-bond donors (Lipinski definition) is 2. The van der Waals surface area contributed by atoms with Gasteiger partial charge in [0, 0.05) is 11.8 Å². The van der Waals surface area contributed by atoms with E-state index in [2.05, 4.69) is 0 Å². The van der Waals surface area contributed by atoms with Crippen molar-refractivity contribution in [3.63, 3.8) is 0 Å². The van der Waals surface area contributed by atoms with Gasteiger partial charge in [0.2, 0.25) is 0 Å². The lowest BCUT2D eigenvalue weighted by Crippen LogP contribution is -2.28. The van der Waals surface area contributed by atoms with Crippen molar-refractivity contribution in [3.05, 3.63) is 29.8 Å². The Balaban J connectivity index is 2.80. The highest BCUT2D eigenvalue weighted by molar-refractivity contribution is 8.14. The highest BCUT2D eigenvalue weighted by Gasteiger charge is 2.42. The van der Waals surface area contributed by atoms with E-state index >= 15 is 0 Å². The summed E-state index contributed by atoms with van der Waals surface area (Å²) in [4.78, 5) is 22.3. The molecule has 1 rings (SSSR count). The standard InChI is InChI=1S/C12H12F3NO3S/c1-2-9(13)12(14,15)20-11(19)16-8-6-4-3-5-7(8)10(17)18/h3-6,9H,2H2,1H3,(H,16,19)(H,17,18). The van der Waals surface area contributed by atoms with Crippen molar-refractivity contribution in [3.8, 4) is 0 Å². The summed E-state index contributed by atoms with van der Waals surface area (Å²) in [5.41, 5.74) is -0.364. The first kappa shape index (κ1) is 16.4. The molecule has 0 heterocycles. The summed E-state index contributed by atoms with van der Waals surface area (Å²) < 4.78 is 39.5. The van der Waals surface area contributed by atoms with E-state index in [0.717, 1.165) is 0 Å². The van der Waals surface area contributed by atoms with Crippen LogP contribution in [0.25, 0.3) is 0 Å². The Kier molecular flexibility index (Phi) is 5.43. The zero-order chi connectivity index (χ0) is 15.3. The number of hydrogen-bond acceptors (Lipinski definition) is 3. The van der Waals surface area contributed by atoms with Crippen LogP contribution >= 0.6 is 11.8 Å². The molecule has 0 radical (unpaired) electrons. The van der Waals surface area contributed by atoms with Crippen LogP contribution in [0.3, 0.4) is 0 Å². The summed E-state index contributed by atoms with van der Waals surface area (Å²) in [6.07, 6.45) is -2.88. The lowest BCUT2D eigenvalue weighted by Gasteiger charge is -2.18. The number of alkyl halides is 3. The van der Waals surface area contributed by atoms with Crippen LogP contribution in [-0.4, -0.2) is 27.7 Å². The summed E-state index contributed by atoms with van der Waals surface area (Å²) in [6, 6.07) is 5.34.